The molecule has 0 spiro atoms. The van der Waals surface area contributed by atoms with Gasteiger partial charge in [-0.2, -0.15) is 0 Å². The van der Waals surface area contributed by atoms with Crippen molar-refractivity contribution in [2.45, 2.75) is 13.0 Å². The maximum atomic E-state index is 5.98. The van der Waals surface area contributed by atoms with Gasteiger partial charge in [0.1, 0.15) is 12.4 Å². The number of para-hydroxylation sites is 1. The van der Waals surface area contributed by atoms with Crippen molar-refractivity contribution in [1.82, 2.24) is 4.90 Å². The first-order chi connectivity index (χ1) is 15.7. The highest BCUT2D eigenvalue weighted by molar-refractivity contribution is 6.59. The smallest absolute Gasteiger partial charge is 0.127 e. The Morgan fingerprint density at radius 2 is 1.21 bits per heavy atom. The molecule has 4 rings (SSSR count). The maximum Gasteiger partial charge on any atom is 0.127 e. The summed E-state index contributed by atoms with van der Waals surface area (Å²) in [7, 11) is 4.22. The second-order valence-corrected chi connectivity index (χ2v) is 9.80. The van der Waals surface area contributed by atoms with Crippen molar-refractivity contribution in [3.05, 3.63) is 101 Å². The highest BCUT2D eigenvalue weighted by Crippen LogP contribution is 2.46. The summed E-state index contributed by atoms with van der Waals surface area (Å²) in [4.78, 5) is 2.21. The molecule has 0 aromatic heterocycles. The predicted octanol–water partition coefficient (Wildman–Crippen LogP) is 9.57. The molecule has 1 aliphatic rings. The van der Waals surface area contributed by atoms with Gasteiger partial charge in [-0.25, -0.2) is 0 Å². The number of fused-ring (bicyclic) bond motifs is 2. The highest BCUT2D eigenvalue weighted by atomic mass is 35.5. The molecule has 0 aliphatic carbocycles. The van der Waals surface area contributed by atoms with E-state index in [9.17, 15) is 0 Å². The SMILES string of the molecule is CN(C)CCC=C1c2ccccc2COc2ccccc21.Clc1c(Cl)c(Cl)c(Cl)c(Cl)c1Cl. The zero-order chi connectivity index (χ0) is 24.1. The van der Waals surface area contributed by atoms with Gasteiger partial charge in [0.15, 0.2) is 0 Å². The largest absolute Gasteiger partial charge is 0.488 e. The van der Waals surface area contributed by atoms with E-state index < -0.39 is 0 Å². The first kappa shape index (κ1) is 26.5. The molecule has 0 fully saturated rings. The third kappa shape index (κ3) is 6.32. The summed E-state index contributed by atoms with van der Waals surface area (Å²) in [5.41, 5.74) is 5.03. The Balaban J connectivity index is 0.000000218. The van der Waals surface area contributed by atoms with Gasteiger partial charge in [-0.1, -0.05) is 118 Å². The molecule has 1 aliphatic heterocycles. The standard InChI is InChI=1S/C19H21NO.C6Cl6/c1-20(2)13-7-11-17-16-9-4-3-8-15(16)14-21-19-12-6-5-10-18(17)19;7-1-2(8)4(10)6(12)5(11)3(1)9/h3-6,8-12H,7,13-14H2,1-2H3;. The summed E-state index contributed by atoms with van der Waals surface area (Å²) in [5.74, 6) is 0.977. The molecule has 1 heterocycles. The van der Waals surface area contributed by atoms with E-state index in [1.165, 1.54) is 22.3 Å². The van der Waals surface area contributed by atoms with E-state index in [0.717, 1.165) is 18.7 Å². The summed E-state index contributed by atoms with van der Waals surface area (Å²) in [6.45, 7) is 1.69. The van der Waals surface area contributed by atoms with Crippen LogP contribution in [-0.4, -0.2) is 25.5 Å². The third-order valence-electron chi connectivity index (χ3n) is 4.95. The molecule has 8 heteroatoms. The normalized spacial score (nSPS) is 13.5. The van der Waals surface area contributed by atoms with Crippen molar-refractivity contribution in [1.29, 1.82) is 0 Å². The summed E-state index contributed by atoms with van der Waals surface area (Å²) in [6.07, 6.45) is 3.37. The van der Waals surface area contributed by atoms with Crippen molar-refractivity contribution in [2.75, 3.05) is 20.6 Å². The van der Waals surface area contributed by atoms with Crippen LogP contribution in [0, 0.1) is 0 Å². The second kappa shape index (κ2) is 12.0. The van der Waals surface area contributed by atoms with Crippen LogP contribution in [0.5, 0.6) is 5.75 Å². The minimum absolute atomic E-state index is 0.109. The van der Waals surface area contributed by atoms with Crippen LogP contribution in [-0.2, 0) is 6.61 Å². The third-order valence-corrected chi connectivity index (χ3v) is 7.80. The van der Waals surface area contributed by atoms with Crippen LogP contribution in [0.15, 0.2) is 54.6 Å². The molecule has 0 bridgehead atoms. The number of rotatable bonds is 3. The molecule has 0 saturated heterocycles. The number of hydrogen-bond acceptors (Lipinski definition) is 2. The van der Waals surface area contributed by atoms with Gasteiger partial charge in [0.05, 0.1) is 30.1 Å². The minimum atomic E-state index is 0.109. The van der Waals surface area contributed by atoms with Crippen LogP contribution >= 0.6 is 69.6 Å². The van der Waals surface area contributed by atoms with Gasteiger partial charge in [0.25, 0.3) is 0 Å². The zero-order valence-corrected chi connectivity index (χ0v) is 22.5. The Morgan fingerprint density at radius 1 is 0.727 bits per heavy atom. The Kier molecular flexibility index (Phi) is 9.67. The Morgan fingerprint density at radius 3 is 1.76 bits per heavy atom. The molecule has 0 saturated carbocycles. The molecular weight excluding hydrogens is 543 g/mol. The average Bonchev–Trinajstić information content (AvgIpc) is 2.98. The van der Waals surface area contributed by atoms with E-state index in [2.05, 4.69) is 67.5 Å². The molecule has 0 unspecified atom stereocenters. The summed E-state index contributed by atoms with van der Waals surface area (Å²) < 4.78 is 5.98. The number of nitrogens with zero attached hydrogens (tertiary/aromatic N) is 1. The van der Waals surface area contributed by atoms with Crippen molar-refractivity contribution in [3.8, 4) is 5.75 Å². The van der Waals surface area contributed by atoms with E-state index >= 15 is 0 Å². The van der Waals surface area contributed by atoms with Crippen LogP contribution in [0.3, 0.4) is 0 Å². The first-order valence-corrected chi connectivity index (χ1v) is 12.3. The van der Waals surface area contributed by atoms with E-state index in [0.29, 0.717) is 6.61 Å². The van der Waals surface area contributed by atoms with E-state index in [-0.39, 0.29) is 30.1 Å². The fourth-order valence-corrected chi connectivity index (χ4v) is 4.71. The highest BCUT2D eigenvalue weighted by Gasteiger charge is 2.18. The van der Waals surface area contributed by atoms with E-state index in [4.69, 9.17) is 74.3 Å². The lowest BCUT2D eigenvalue weighted by atomic mass is 9.93. The van der Waals surface area contributed by atoms with Gasteiger partial charge in [-0.05, 0) is 43.3 Å². The molecule has 0 radical (unpaired) electrons. The van der Waals surface area contributed by atoms with E-state index in [1.807, 2.05) is 6.07 Å². The molecule has 0 amide bonds. The molecule has 174 valence electrons. The molecular formula is C25H21Cl6NO. The second-order valence-electron chi connectivity index (χ2n) is 7.54. The molecule has 33 heavy (non-hydrogen) atoms. The number of hydrogen-bond donors (Lipinski definition) is 0. The number of ether oxygens (including phenoxy) is 1. The van der Waals surface area contributed by atoms with Crippen molar-refractivity contribution >= 4 is 75.2 Å². The number of halogens is 6. The fourth-order valence-electron chi connectivity index (χ4n) is 3.29. The lowest BCUT2D eigenvalue weighted by molar-refractivity contribution is 0.307. The van der Waals surface area contributed by atoms with Crippen molar-refractivity contribution < 1.29 is 4.74 Å². The Bertz CT molecular complexity index is 1020. The van der Waals surface area contributed by atoms with Gasteiger partial charge in [-0.15, -0.1) is 0 Å². The van der Waals surface area contributed by atoms with Crippen LogP contribution in [0.25, 0.3) is 5.57 Å². The zero-order valence-electron chi connectivity index (χ0n) is 17.9. The average molecular weight is 564 g/mol. The predicted molar refractivity (Wildman–Crippen MR) is 144 cm³/mol. The minimum Gasteiger partial charge on any atom is -0.488 e. The molecule has 2 nitrogen and oxygen atoms in total. The lowest BCUT2D eigenvalue weighted by Crippen LogP contribution is -2.12. The molecule has 3 aromatic rings. The van der Waals surface area contributed by atoms with E-state index in [1.54, 1.807) is 0 Å². The Hall–Kier alpha value is -1.10. The van der Waals surface area contributed by atoms with Gasteiger partial charge in [0.2, 0.25) is 0 Å². The summed E-state index contributed by atoms with van der Waals surface area (Å²) in [5, 5.41) is 0.654. The van der Waals surface area contributed by atoms with Crippen LogP contribution in [0.1, 0.15) is 23.1 Å². The Labute approximate surface area is 224 Å². The maximum absolute atomic E-state index is 5.98. The first-order valence-electron chi connectivity index (χ1n) is 10.0. The summed E-state index contributed by atoms with van der Waals surface area (Å²) >= 11 is 34.0. The topological polar surface area (TPSA) is 12.5 Å². The van der Waals surface area contributed by atoms with Crippen molar-refractivity contribution in [3.63, 3.8) is 0 Å². The molecule has 0 N–H and O–H groups in total. The lowest BCUT2D eigenvalue weighted by Gasteiger charge is -2.12. The van der Waals surface area contributed by atoms with Crippen molar-refractivity contribution in [2.24, 2.45) is 0 Å². The van der Waals surface area contributed by atoms with Crippen LogP contribution < -0.4 is 4.74 Å². The quantitative estimate of drug-likeness (QED) is 0.232. The summed E-state index contributed by atoms with van der Waals surface area (Å²) in [6, 6.07) is 16.9. The monoisotopic (exact) mass is 561 g/mol. The molecule has 3 aromatic carbocycles. The number of benzene rings is 3. The van der Waals surface area contributed by atoms with Crippen LogP contribution in [0.2, 0.25) is 30.1 Å². The molecule has 0 atom stereocenters. The fraction of sp³-hybridized carbons (Fsp3) is 0.200. The van der Waals surface area contributed by atoms with Gasteiger partial charge in [-0.3, -0.25) is 0 Å². The van der Waals surface area contributed by atoms with Gasteiger partial charge < -0.3 is 9.64 Å². The van der Waals surface area contributed by atoms with Crippen LogP contribution in [0.4, 0.5) is 0 Å². The van der Waals surface area contributed by atoms with Gasteiger partial charge >= 0.3 is 0 Å². The van der Waals surface area contributed by atoms with Gasteiger partial charge in [0, 0.05) is 12.1 Å².